The molecule has 4 fully saturated rings. The fourth-order valence-corrected chi connectivity index (χ4v) is 17.5. The maximum Gasteiger partial charge on any atom is 0.420 e. The van der Waals surface area contributed by atoms with E-state index in [4.69, 9.17) is 52.1 Å². The van der Waals surface area contributed by atoms with Gasteiger partial charge in [0.05, 0.1) is 65.3 Å². The van der Waals surface area contributed by atoms with Crippen LogP contribution in [0.4, 0.5) is 9.59 Å². The second-order valence-electron chi connectivity index (χ2n) is 32.9. The first-order chi connectivity index (χ1) is 54.3. The number of benzene rings is 1. The van der Waals surface area contributed by atoms with E-state index in [0.29, 0.717) is 44.3 Å². The van der Waals surface area contributed by atoms with Gasteiger partial charge >= 0.3 is 30.1 Å². The molecule has 9 rings (SSSR count). The molecule has 1 amide bonds. The standard InChI is InChI=1S/C43H66N6O10.C42H59N3O11/c1-12-33-43(13-2)37(49(41(54)59-43)17-15-14-16-48-22-31(46-24-48)30-20-44-23-45-21-30)27(5)34(50)25(3)19-42(8,55-11)38(28(6)35(51)29(7)39(53)57-33)58-40-36(52)32(47(9)10)18-26(4)56-40;1-12-32-42(13-2,56-40(50)45-20-19-43-24-45)23-26(4)33(46)25(3)22-41(8,51-11)36(28(6)34(47)29(7)37(48)53-32)55-39-35(31(44(9)10)21-27(5)52-39)54-38(49)30-17-15-14-16-18-30/h20-29,32-33,36-38,40,52H,12-19H2,1-11H3;14-20,23-25,27-29,31-32,35-36,39H,12-13,21-22H2,1-11H3/b;26-23+/t25-,26-,27+,28+,29-,32+,33-,36-,37-,38-,40?,42+,43-;25-,27-,28+,29-,31+,32-,35-,36-,39?,41+,42+/m11/s1. The zero-order valence-electron chi connectivity index (χ0n) is 71.3. The molecule has 636 valence electrons. The monoisotopic (exact) mass is 1610 g/mol. The van der Waals surface area contributed by atoms with E-state index in [2.05, 4.69) is 19.9 Å². The Morgan fingerprint density at radius 1 is 0.661 bits per heavy atom. The van der Waals surface area contributed by atoms with E-state index in [9.17, 15) is 48.3 Å². The van der Waals surface area contributed by atoms with Crippen molar-refractivity contribution in [3.05, 3.63) is 97.5 Å². The van der Waals surface area contributed by atoms with Gasteiger partial charge in [0.1, 0.15) is 48.6 Å². The maximum atomic E-state index is 14.8. The van der Waals surface area contributed by atoms with E-state index < -0.39 is 161 Å². The fraction of sp³-hybridized carbons (Fsp3) is 0.682. The molecule has 24 atom stereocenters. The highest BCUT2D eigenvalue weighted by molar-refractivity contribution is 6.01. The number of carbonyl (C=O) groups excluding carboxylic acids is 9. The van der Waals surface area contributed by atoms with Crippen molar-refractivity contribution in [2.45, 2.75) is 283 Å². The molecule has 0 radical (unpaired) electrons. The summed E-state index contributed by atoms with van der Waals surface area (Å²) >= 11 is 0. The zero-order valence-corrected chi connectivity index (χ0v) is 71.3. The normalized spacial score (nSPS) is 35.4. The number of rotatable bonds is 21. The number of ether oxygens (including phenoxy) is 11. The van der Waals surface area contributed by atoms with Crippen molar-refractivity contribution >= 4 is 53.2 Å². The van der Waals surface area contributed by atoms with Crippen LogP contribution in [0, 0.1) is 41.4 Å². The molecule has 0 bridgehead atoms. The lowest BCUT2D eigenvalue weighted by atomic mass is 9.72. The van der Waals surface area contributed by atoms with E-state index >= 15 is 0 Å². The number of allylic oxidation sites excluding steroid dienone is 1. The Kier molecular flexibility index (Phi) is 32.1. The number of unbranched alkanes of at least 4 members (excludes halogenated alkanes) is 1. The molecular formula is C85H125N9O21. The second kappa shape index (κ2) is 39.9. The van der Waals surface area contributed by atoms with Crippen LogP contribution in [0.1, 0.15) is 185 Å². The van der Waals surface area contributed by atoms with Gasteiger partial charge in [-0.05, 0) is 165 Å². The molecule has 2 unspecified atom stereocenters. The number of hydrogen-bond donors (Lipinski definition) is 1. The molecular weight excluding hydrogens is 1480 g/mol. The zero-order chi connectivity index (χ0) is 84.9. The Bertz CT molecular complexity index is 3980. The molecule has 30 heteroatoms. The molecule has 115 heavy (non-hydrogen) atoms. The van der Waals surface area contributed by atoms with E-state index in [1.165, 1.54) is 53.1 Å². The van der Waals surface area contributed by atoms with Gasteiger partial charge in [0.2, 0.25) is 0 Å². The number of carbonyl (C=O) groups is 9. The summed E-state index contributed by atoms with van der Waals surface area (Å²) < 4.78 is 72.3. The Morgan fingerprint density at radius 2 is 1.21 bits per heavy atom. The molecule has 0 aliphatic carbocycles. The first-order valence-corrected chi connectivity index (χ1v) is 40.6. The van der Waals surface area contributed by atoms with Crippen LogP contribution in [-0.2, 0) is 87.4 Å². The van der Waals surface area contributed by atoms with Gasteiger partial charge in [0, 0.05) is 99.5 Å². The Balaban J connectivity index is 0.000000288. The van der Waals surface area contributed by atoms with Gasteiger partial charge < -0.3 is 76.5 Å². The summed E-state index contributed by atoms with van der Waals surface area (Å²) in [5, 5.41) is 11.5. The summed E-state index contributed by atoms with van der Waals surface area (Å²) in [6, 6.07) is 7.20. The van der Waals surface area contributed by atoms with Gasteiger partial charge in [-0.1, -0.05) is 80.5 Å². The van der Waals surface area contributed by atoms with Gasteiger partial charge in [-0.25, -0.2) is 38.9 Å². The van der Waals surface area contributed by atoms with Gasteiger partial charge in [0.25, 0.3) is 0 Å². The summed E-state index contributed by atoms with van der Waals surface area (Å²) in [6.45, 7) is 28.8. The number of amides is 1. The number of aliphatic hydroxyl groups is 1. The molecule has 0 saturated carbocycles. The van der Waals surface area contributed by atoms with Crippen LogP contribution in [0.3, 0.4) is 0 Å². The minimum atomic E-state index is -1.57. The summed E-state index contributed by atoms with van der Waals surface area (Å²) in [5.41, 5.74) is -3.34. The van der Waals surface area contributed by atoms with Crippen molar-refractivity contribution in [3.8, 4) is 11.3 Å². The molecule has 30 nitrogen and oxygen atoms in total. The van der Waals surface area contributed by atoms with E-state index in [0.717, 1.165) is 15.8 Å². The smallest absolute Gasteiger partial charge is 0.420 e. The minimum Gasteiger partial charge on any atom is -0.457 e. The third-order valence-corrected chi connectivity index (χ3v) is 24.3. The number of Topliss-reactive ketones (excluding diaryl/α,β-unsaturated/α-hetero) is 4. The second-order valence-corrected chi connectivity index (χ2v) is 32.9. The summed E-state index contributed by atoms with van der Waals surface area (Å²) in [7, 11) is 10.5. The van der Waals surface area contributed by atoms with Gasteiger partial charge in [-0.3, -0.25) is 28.8 Å². The number of cyclic esters (lactones) is 2. The number of aryl methyl sites for hydroxylation is 1. The average Bonchev–Trinajstić information content (AvgIpc) is 1.60. The van der Waals surface area contributed by atoms with Crippen molar-refractivity contribution < 1.29 is 100 Å². The van der Waals surface area contributed by atoms with Crippen LogP contribution < -0.4 is 0 Å². The number of methoxy groups -OCH3 is 2. The number of esters is 3. The molecule has 1 N–H and O–H groups in total. The third kappa shape index (κ3) is 20.9. The van der Waals surface area contributed by atoms with Gasteiger partial charge in [-0.2, -0.15) is 0 Å². The highest BCUT2D eigenvalue weighted by Gasteiger charge is 2.62. The van der Waals surface area contributed by atoms with E-state index in [1.807, 2.05) is 90.3 Å². The highest BCUT2D eigenvalue weighted by Crippen LogP contribution is 2.46. The average molecular weight is 1610 g/mol. The van der Waals surface area contributed by atoms with Crippen LogP contribution in [-0.4, -0.2) is 253 Å². The number of likely N-dealkylation sites (N-methyl/N-ethyl adjacent to an activating group) is 2. The van der Waals surface area contributed by atoms with Gasteiger partial charge in [-0.15, -0.1) is 0 Å². The lowest BCUT2D eigenvalue weighted by Crippen LogP contribution is -2.61. The Morgan fingerprint density at radius 3 is 1.75 bits per heavy atom. The topological polar surface area (TPSA) is 347 Å². The predicted octanol–water partition coefficient (Wildman–Crippen LogP) is 10.5. The quantitative estimate of drug-likeness (QED) is 0.0350. The van der Waals surface area contributed by atoms with Crippen LogP contribution in [0.5, 0.6) is 0 Å². The molecule has 1 aromatic carbocycles. The molecule has 0 spiro atoms. The lowest BCUT2D eigenvalue weighted by Gasteiger charge is -2.47. The first-order valence-electron chi connectivity index (χ1n) is 40.6. The third-order valence-electron chi connectivity index (χ3n) is 24.3. The number of fused-ring (bicyclic) bond motifs is 1. The number of nitrogens with zero attached hydrogens (tertiary/aromatic N) is 9. The largest absolute Gasteiger partial charge is 0.457 e. The lowest BCUT2D eigenvalue weighted by molar-refractivity contribution is -0.295. The molecule has 4 aromatic rings. The number of imidazole rings is 2. The number of ketones is 4. The minimum absolute atomic E-state index is 0.0770. The van der Waals surface area contributed by atoms with Crippen LogP contribution in [0.15, 0.2) is 91.9 Å². The van der Waals surface area contributed by atoms with Crippen molar-refractivity contribution in [1.29, 1.82) is 0 Å². The fourth-order valence-electron chi connectivity index (χ4n) is 17.5. The SMILES string of the molecule is CC[C@H]1OC(=O)[C@H](C)C(=O)[C@H](C)[C@@H](OC2O[C@H](C)C[C@H](N(C)C)[C@H]2O)[C@@](C)(OC)C[C@@H](C)C(=O)[C@H](C)[C@H]2N(CCCCn3cnc(-c4cncnc4)c3)C(=O)O[C@]12CC.CC[C@H]1OC(=O)[C@H](C)C(=O)[C@H](C)[C@@H](OC2O[C@H](C)C[C@H](N(C)C)[C@H]2OC(=O)c2ccccc2)[C@@](C)(OC)C[C@@H](C)C(=O)/C(C)=C/[C@]1(CC)OC(=O)n1ccnc1. The predicted molar refractivity (Wildman–Crippen MR) is 422 cm³/mol. The molecule has 8 heterocycles. The summed E-state index contributed by atoms with van der Waals surface area (Å²) in [4.78, 5) is 149. The highest BCUT2D eigenvalue weighted by atomic mass is 16.7. The number of hydrogen-bond acceptors (Lipinski definition) is 27. The Hall–Kier alpha value is -8.07. The van der Waals surface area contributed by atoms with Crippen molar-refractivity contribution in [3.63, 3.8) is 0 Å². The molecule has 4 saturated heterocycles. The van der Waals surface area contributed by atoms with Crippen LogP contribution in [0.2, 0.25) is 0 Å². The summed E-state index contributed by atoms with van der Waals surface area (Å²) in [6.07, 6.45) is 7.29. The molecule has 3 aromatic heterocycles. The van der Waals surface area contributed by atoms with Crippen molar-refractivity contribution in [2.75, 3.05) is 49.0 Å². The van der Waals surface area contributed by atoms with Crippen LogP contribution in [0.25, 0.3) is 11.3 Å². The van der Waals surface area contributed by atoms with Crippen molar-refractivity contribution in [2.24, 2.45) is 41.4 Å². The maximum absolute atomic E-state index is 14.8. The molecule has 5 aliphatic rings. The van der Waals surface area contributed by atoms with Gasteiger partial charge in [0.15, 0.2) is 47.2 Å². The first kappa shape index (κ1) is 92.4. The van der Waals surface area contributed by atoms with E-state index in [-0.39, 0.29) is 80.0 Å². The Labute approximate surface area is 677 Å². The summed E-state index contributed by atoms with van der Waals surface area (Å²) in [5.74, 6) is -10.1. The number of aliphatic hydroxyl groups excluding tert-OH is 1. The van der Waals surface area contributed by atoms with E-state index in [1.54, 1.807) is 115 Å². The molecule has 5 aliphatic heterocycles. The number of aromatic nitrogens is 6. The van der Waals surface area contributed by atoms with Crippen molar-refractivity contribution in [1.82, 2.24) is 43.8 Å². The van der Waals surface area contributed by atoms with Crippen LogP contribution >= 0.6 is 0 Å².